The zero-order chi connectivity index (χ0) is 13.4. The van der Waals surface area contributed by atoms with Gasteiger partial charge in [-0.2, -0.15) is 0 Å². The zero-order valence-electron chi connectivity index (χ0n) is 10.4. The molecule has 0 aromatic heterocycles. The van der Waals surface area contributed by atoms with Gasteiger partial charge in [0.05, 0.1) is 12.2 Å². The van der Waals surface area contributed by atoms with Crippen LogP contribution in [0.15, 0.2) is 36.4 Å². The second-order valence-corrected chi connectivity index (χ2v) is 5.45. The fourth-order valence-electron chi connectivity index (χ4n) is 2.31. The Bertz CT molecular complexity index is 628. The first-order valence-electron chi connectivity index (χ1n) is 6.10. The van der Waals surface area contributed by atoms with Crippen molar-refractivity contribution in [3.8, 4) is 5.75 Å². The van der Waals surface area contributed by atoms with Gasteiger partial charge in [0.2, 0.25) is 0 Å². The number of anilines is 1. The standard InChI is InChI=1S/C15H13Cl2NO/c1-9-6-10(16)7-13-15(9)19-14(8-18-13)11-4-2-3-5-12(11)17/h2-7,14,18H,8H2,1H3. The van der Waals surface area contributed by atoms with Gasteiger partial charge in [0, 0.05) is 15.6 Å². The normalized spacial score (nSPS) is 17.3. The molecule has 4 heteroatoms. The maximum Gasteiger partial charge on any atom is 0.146 e. The third-order valence-corrected chi connectivity index (χ3v) is 3.79. The van der Waals surface area contributed by atoms with Gasteiger partial charge in [-0.25, -0.2) is 0 Å². The van der Waals surface area contributed by atoms with Crippen LogP contribution in [0.3, 0.4) is 0 Å². The Labute approximate surface area is 122 Å². The minimum Gasteiger partial charge on any atom is -0.481 e. The Morgan fingerprint density at radius 3 is 2.79 bits per heavy atom. The smallest absolute Gasteiger partial charge is 0.146 e. The fraction of sp³-hybridized carbons (Fsp3) is 0.200. The SMILES string of the molecule is Cc1cc(Cl)cc2c1OC(c1ccccc1Cl)CN2. The molecular formula is C15H13Cl2NO. The summed E-state index contributed by atoms with van der Waals surface area (Å²) in [6.45, 7) is 2.66. The van der Waals surface area contributed by atoms with E-state index >= 15 is 0 Å². The largest absolute Gasteiger partial charge is 0.481 e. The van der Waals surface area contributed by atoms with Crippen LogP contribution in [0.1, 0.15) is 17.2 Å². The lowest BCUT2D eigenvalue weighted by atomic mass is 10.1. The van der Waals surface area contributed by atoms with Crippen molar-refractivity contribution in [2.24, 2.45) is 0 Å². The summed E-state index contributed by atoms with van der Waals surface area (Å²) in [5.74, 6) is 0.848. The first kappa shape index (κ1) is 12.6. The summed E-state index contributed by atoms with van der Waals surface area (Å²) in [6.07, 6.45) is -0.0823. The van der Waals surface area contributed by atoms with Gasteiger partial charge in [0.15, 0.2) is 0 Å². The molecule has 2 nitrogen and oxygen atoms in total. The molecule has 1 heterocycles. The van der Waals surface area contributed by atoms with Crippen molar-refractivity contribution in [1.82, 2.24) is 0 Å². The molecule has 2 aromatic carbocycles. The van der Waals surface area contributed by atoms with Crippen LogP contribution in [0.2, 0.25) is 10.0 Å². The summed E-state index contributed by atoms with van der Waals surface area (Å²) in [7, 11) is 0. The van der Waals surface area contributed by atoms with E-state index in [1.165, 1.54) is 0 Å². The van der Waals surface area contributed by atoms with Crippen LogP contribution in [0, 0.1) is 6.92 Å². The number of nitrogens with one attached hydrogen (secondary N) is 1. The van der Waals surface area contributed by atoms with Gasteiger partial charge < -0.3 is 10.1 Å². The van der Waals surface area contributed by atoms with Crippen LogP contribution in [0.5, 0.6) is 5.75 Å². The highest BCUT2D eigenvalue weighted by Crippen LogP contribution is 2.40. The van der Waals surface area contributed by atoms with Crippen LogP contribution in [-0.4, -0.2) is 6.54 Å². The van der Waals surface area contributed by atoms with Crippen molar-refractivity contribution in [3.63, 3.8) is 0 Å². The van der Waals surface area contributed by atoms with Crippen LogP contribution in [0.4, 0.5) is 5.69 Å². The van der Waals surface area contributed by atoms with Crippen molar-refractivity contribution in [2.45, 2.75) is 13.0 Å². The lowest BCUT2D eigenvalue weighted by Gasteiger charge is -2.29. The van der Waals surface area contributed by atoms with Gasteiger partial charge in [-0.05, 0) is 30.7 Å². The number of benzene rings is 2. The highest BCUT2D eigenvalue weighted by Gasteiger charge is 2.24. The summed E-state index contributed by atoms with van der Waals surface area (Å²) in [5.41, 5.74) is 2.96. The average molecular weight is 294 g/mol. The Morgan fingerprint density at radius 1 is 1.21 bits per heavy atom. The van der Waals surface area contributed by atoms with Crippen LogP contribution in [-0.2, 0) is 0 Å². The molecule has 19 heavy (non-hydrogen) atoms. The molecule has 0 amide bonds. The van der Waals surface area contributed by atoms with E-state index in [1.54, 1.807) is 0 Å². The third-order valence-electron chi connectivity index (χ3n) is 3.23. The summed E-state index contributed by atoms with van der Waals surface area (Å²) in [5, 5.41) is 4.79. The first-order chi connectivity index (χ1) is 9.15. The molecule has 98 valence electrons. The molecule has 3 rings (SSSR count). The van der Waals surface area contributed by atoms with Crippen molar-refractivity contribution in [2.75, 3.05) is 11.9 Å². The number of hydrogen-bond donors (Lipinski definition) is 1. The third kappa shape index (κ3) is 2.38. The van der Waals surface area contributed by atoms with Crippen molar-refractivity contribution < 1.29 is 4.74 Å². The number of rotatable bonds is 1. The lowest BCUT2D eigenvalue weighted by Crippen LogP contribution is -2.24. The molecule has 1 atom stereocenters. The van der Waals surface area contributed by atoms with Gasteiger partial charge in [0.1, 0.15) is 11.9 Å². The monoisotopic (exact) mass is 293 g/mol. The predicted octanol–water partition coefficient (Wildman–Crippen LogP) is 4.85. The van der Waals surface area contributed by atoms with E-state index < -0.39 is 0 Å². The molecule has 2 aromatic rings. The van der Waals surface area contributed by atoms with E-state index in [-0.39, 0.29) is 6.10 Å². The van der Waals surface area contributed by atoms with Gasteiger partial charge in [-0.1, -0.05) is 41.4 Å². The number of aryl methyl sites for hydroxylation is 1. The Hall–Kier alpha value is -1.38. The number of fused-ring (bicyclic) bond motifs is 1. The predicted molar refractivity (Wildman–Crippen MR) is 79.5 cm³/mol. The molecule has 0 aliphatic carbocycles. The molecule has 0 fully saturated rings. The summed E-state index contributed by atoms with van der Waals surface area (Å²) >= 11 is 12.3. The topological polar surface area (TPSA) is 21.3 Å². The fourth-order valence-corrected chi connectivity index (χ4v) is 2.84. The van der Waals surface area contributed by atoms with E-state index in [1.807, 2.05) is 43.3 Å². The van der Waals surface area contributed by atoms with Crippen LogP contribution in [0.25, 0.3) is 0 Å². The first-order valence-corrected chi connectivity index (χ1v) is 6.86. The average Bonchev–Trinajstić information content (AvgIpc) is 2.39. The summed E-state index contributed by atoms with van der Waals surface area (Å²) in [6, 6.07) is 11.5. The van der Waals surface area contributed by atoms with Gasteiger partial charge in [-0.15, -0.1) is 0 Å². The number of halogens is 2. The van der Waals surface area contributed by atoms with E-state index in [4.69, 9.17) is 27.9 Å². The minimum absolute atomic E-state index is 0.0823. The van der Waals surface area contributed by atoms with Crippen molar-refractivity contribution in [1.29, 1.82) is 0 Å². The second-order valence-electron chi connectivity index (χ2n) is 4.61. The highest BCUT2D eigenvalue weighted by atomic mass is 35.5. The number of hydrogen-bond acceptors (Lipinski definition) is 2. The van der Waals surface area contributed by atoms with Gasteiger partial charge >= 0.3 is 0 Å². The molecule has 0 saturated heterocycles. The maximum atomic E-state index is 6.22. The summed E-state index contributed by atoms with van der Waals surface area (Å²) < 4.78 is 6.08. The molecule has 1 N–H and O–H groups in total. The van der Waals surface area contributed by atoms with Crippen LogP contribution >= 0.6 is 23.2 Å². The molecule has 0 bridgehead atoms. The Balaban J connectivity index is 1.97. The molecule has 1 aliphatic heterocycles. The molecular weight excluding hydrogens is 281 g/mol. The molecule has 0 spiro atoms. The lowest BCUT2D eigenvalue weighted by molar-refractivity contribution is 0.209. The van der Waals surface area contributed by atoms with E-state index in [2.05, 4.69) is 5.32 Å². The molecule has 0 radical (unpaired) electrons. The molecule has 1 unspecified atom stereocenters. The Kier molecular flexibility index (Phi) is 3.29. The van der Waals surface area contributed by atoms with Gasteiger partial charge in [0.25, 0.3) is 0 Å². The van der Waals surface area contributed by atoms with Crippen LogP contribution < -0.4 is 10.1 Å². The minimum atomic E-state index is -0.0823. The second kappa shape index (κ2) is 4.95. The van der Waals surface area contributed by atoms with E-state index in [0.717, 1.165) is 27.6 Å². The van der Waals surface area contributed by atoms with Crippen molar-refractivity contribution >= 4 is 28.9 Å². The highest BCUT2D eigenvalue weighted by molar-refractivity contribution is 6.31. The quantitative estimate of drug-likeness (QED) is 0.812. The van der Waals surface area contributed by atoms with Gasteiger partial charge in [-0.3, -0.25) is 0 Å². The summed E-state index contributed by atoms with van der Waals surface area (Å²) in [4.78, 5) is 0. The maximum absolute atomic E-state index is 6.22. The Morgan fingerprint density at radius 2 is 2.00 bits per heavy atom. The zero-order valence-corrected chi connectivity index (χ0v) is 11.9. The molecule has 0 saturated carbocycles. The molecule has 1 aliphatic rings. The van der Waals surface area contributed by atoms with Crippen molar-refractivity contribution in [3.05, 3.63) is 57.6 Å². The van der Waals surface area contributed by atoms with E-state index in [0.29, 0.717) is 11.6 Å². The number of ether oxygens (including phenoxy) is 1. The van der Waals surface area contributed by atoms with E-state index in [9.17, 15) is 0 Å².